The molecule has 0 saturated heterocycles. The minimum absolute atomic E-state index is 0.136. The van der Waals surface area contributed by atoms with Crippen molar-refractivity contribution in [3.05, 3.63) is 24.0 Å². The molecular formula is C12H19N3O2. The fourth-order valence-corrected chi connectivity index (χ4v) is 1.32. The number of nitrogen functional groups attached to an aromatic ring is 1. The summed E-state index contributed by atoms with van der Waals surface area (Å²) in [7, 11) is 1.72. The van der Waals surface area contributed by atoms with E-state index in [0.29, 0.717) is 24.4 Å². The molecule has 94 valence electrons. The number of carbonyl (C=O) groups excluding carboxylic acids is 1. The first kappa shape index (κ1) is 13.4. The van der Waals surface area contributed by atoms with Crippen LogP contribution in [0.2, 0.25) is 0 Å². The van der Waals surface area contributed by atoms with Crippen LogP contribution in [0, 0.1) is 0 Å². The Morgan fingerprint density at radius 1 is 1.59 bits per heavy atom. The third-order valence-corrected chi connectivity index (χ3v) is 2.31. The highest BCUT2D eigenvalue weighted by molar-refractivity contribution is 5.98. The average Bonchev–Trinajstić information content (AvgIpc) is 2.28. The highest BCUT2D eigenvalue weighted by Gasteiger charge is 2.14. The molecule has 0 aliphatic carbocycles. The average molecular weight is 237 g/mol. The number of likely N-dealkylation sites (N-methyl/N-ethyl adjacent to an activating group) is 1. The van der Waals surface area contributed by atoms with Crippen molar-refractivity contribution in [2.45, 2.75) is 20.0 Å². The van der Waals surface area contributed by atoms with Gasteiger partial charge in [-0.2, -0.15) is 0 Å². The molecule has 0 bridgehead atoms. The largest absolute Gasteiger partial charge is 0.398 e. The smallest absolute Gasteiger partial charge is 0.257 e. The minimum Gasteiger partial charge on any atom is -0.398 e. The van der Waals surface area contributed by atoms with Crippen LogP contribution in [0.1, 0.15) is 24.2 Å². The van der Waals surface area contributed by atoms with Gasteiger partial charge in [0.15, 0.2) is 0 Å². The molecule has 1 aromatic rings. The Hall–Kier alpha value is -1.62. The van der Waals surface area contributed by atoms with Gasteiger partial charge in [-0.25, -0.2) is 0 Å². The van der Waals surface area contributed by atoms with Crippen LogP contribution < -0.4 is 5.73 Å². The Balaban J connectivity index is 2.55. The molecule has 0 aliphatic heterocycles. The van der Waals surface area contributed by atoms with Gasteiger partial charge < -0.3 is 15.4 Å². The molecule has 1 heterocycles. The highest BCUT2D eigenvalue weighted by atomic mass is 16.5. The monoisotopic (exact) mass is 237 g/mol. The predicted octanol–water partition coefficient (Wildman–Crippen LogP) is 1.16. The fraction of sp³-hybridized carbons (Fsp3) is 0.500. The molecule has 2 N–H and O–H groups in total. The molecule has 1 amide bonds. The summed E-state index contributed by atoms with van der Waals surface area (Å²) in [6, 6.07) is 1.62. The van der Waals surface area contributed by atoms with E-state index in [1.54, 1.807) is 24.2 Å². The zero-order valence-electron chi connectivity index (χ0n) is 10.5. The van der Waals surface area contributed by atoms with Crippen molar-refractivity contribution >= 4 is 11.6 Å². The second-order valence-corrected chi connectivity index (χ2v) is 4.11. The number of nitrogens with zero attached hydrogens (tertiary/aromatic N) is 2. The van der Waals surface area contributed by atoms with Crippen LogP contribution >= 0.6 is 0 Å². The second-order valence-electron chi connectivity index (χ2n) is 4.11. The summed E-state index contributed by atoms with van der Waals surface area (Å²) in [5, 5.41) is 0. The number of amides is 1. The number of hydrogen-bond donors (Lipinski definition) is 1. The van der Waals surface area contributed by atoms with Crippen molar-refractivity contribution in [1.29, 1.82) is 0 Å². The van der Waals surface area contributed by atoms with Gasteiger partial charge >= 0.3 is 0 Å². The summed E-state index contributed by atoms with van der Waals surface area (Å²) in [5.74, 6) is -0.136. The lowest BCUT2D eigenvalue weighted by molar-refractivity contribution is 0.0532. The van der Waals surface area contributed by atoms with Crippen LogP contribution in [0.4, 0.5) is 5.69 Å². The second kappa shape index (κ2) is 6.20. The number of rotatable bonds is 5. The van der Waals surface area contributed by atoms with E-state index >= 15 is 0 Å². The van der Waals surface area contributed by atoms with Gasteiger partial charge in [-0.1, -0.05) is 0 Å². The Morgan fingerprint density at radius 2 is 2.29 bits per heavy atom. The Bertz CT molecular complexity index is 380. The summed E-state index contributed by atoms with van der Waals surface area (Å²) in [4.78, 5) is 17.5. The lowest BCUT2D eigenvalue weighted by Gasteiger charge is -2.18. The molecule has 0 aliphatic rings. The van der Waals surface area contributed by atoms with E-state index in [0.717, 1.165) is 0 Å². The maximum atomic E-state index is 12.0. The van der Waals surface area contributed by atoms with Crippen LogP contribution in [0.5, 0.6) is 0 Å². The van der Waals surface area contributed by atoms with Gasteiger partial charge in [-0.3, -0.25) is 9.78 Å². The highest BCUT2D eigenvalue weighted by Crippen LogP contribution is 2.10. The molecule has 0 unspecified atom stereocenters. The first-order valence-corrected chi connectivity index (χ1v) is 5.59. The first-order chi connectivity index (χ1) is 8.02. The Morgan fingerprint density at radius 3 is 2.88 bits per heavy atom. The van der Waals surface area contributed by atoms with Crippen molar-refractivity contribution in [2.24, 2.45) is 0 Å². The van der Waals surface area contributed by atoms with Gasteiger partial charge in [-0.05, 0) is 19.9 Å². The zero-order chi connectivity index (χ0) is 12.8. The number of aromatic nitrogens is 1. The minimum atomic E-state index is -0.136. The molecule has 0 spiro atoms. The van der Waals surface area contributed by atoms with Crippen molar-refractivity contribution in [3.8, 4) is 0 Å². The number of hydrogen-bond acceptors (Lipinski definition) is 4. The quantitative estimate of drug-likeness (QED) is 0.834. The van der Waals surface area contributed by atoms with Crippen LogP contribution in [-0.2, 0) is 4.74 Å². The van der Waals surface area contributed by atoms with Crippen molar-refractivity contribution in [3.63, 3.8) is 0 Å². The maximum Gasteiger partial charge on any atom is 0.257 e. The van der Waals surface area contributed by atoms with Crippen molar-refractivity contribution < 1.29 is 9.53 Å². The lowest BCUT2D eigenvalue weighted by Crippen LogP contribution is -2.31. The van der Waals surface area contributed by atoms with E-state index in [1.165, 1.54) is 6.20 Å². The van der Waals surface area contributed by atoms with E-state index in [2.05, 4.69) is 4.98 Å². The number of ether oxygens (including phenoxy) is 1. The lowest BCUT2D eigenvalue weighted by atomic mass is 10.2. The van der Waals surface area contributed by atoms with Gasteiger partial charge in [0, 0.05) is 31.7 Å². The van der Waals surface area contributed by atoms with E-state index in [4.69, 9.17) is 10.5 Å². The summed E-state index contributed by atoms with van der Waals surface area (Å²) in [6.07, 6.45) is 3.22. The van der Waals surface area contributed by atoms with E-state index in [-0.39, 0.29) is 12.0 Å². The molecule has 5 nitrogen and oxygen atoms in total. The molecule has 0 atom stereocenters. The Kier molecular flexibility index (Phi) is 4.90. The van der Waals surface area contributed by atoms with Crippen LogP contribution in [0.3, 0.4) is 0 Å². The Labute approximate surface area is 102 Å². The summed E-state index contributed by atoms with van der Waals surface area (Å²) < 4.78 is 5.39. The van der Waals surface area contributed by atoms with Crippen molar-refractivity contribution in [2.75, 3.05) is 25.9 Å². The SMILES string of the molecule is CC(C)OCCN(C)C(=O)c1cnccc1N. The summed E-state index contributed by atoms with van der Waals surface area (Å²) in [5.41, 5.74) is 6.59. The normalized spacial score (nSPS) is 10.6. The third kappa shape index (κ3) is 4.03. The zero-order valence-corrected chi connectivity index (χ0v) is 10.5. The maximum absolute atomic E-state index is 12.0. The van der Waals surface area contributed by atoms with Gasteiger partial charge in [0.25, 0.3) is 5.91 Å². The molecule has 0 fully saturated rings. The molecule has 17 heavy (non-hydrogen) atoms. The summed E-state index contributed by atoms with van der Waals surface area (Å²) >= 11 is 0. The van der Waals surface area contributed by atoms with E-state index in [9.17, 15) is 4.79 Å². The number of nitrogens with two attached hydrogens (primary N) is 1. The van der Waals surface area contributed by atoms with Gasteiger partial charge in [0.05, 0.1) is 18.3 Å². The molecule has 0 saturated carbocycles. The standard InChI is InChI=1S/C12H19N3O2/c1-9(2)17-7-6-15(3)12(16)10-8-14-5-4-11(10)13/h4-5,8-9H,6-7H2,1-3H3,(H2,13,14). The first-order valence-electron chi connectivity index (χ1n) is 5.59. The molecule has 5 heteroatoms. The predicted molar refractivity (Wildman–Crippen MR) is 66.7 cm³/mol. The molecule has 0 aromatic carbocycles. The van der Waals surface area contributed by atoms with E-state index in [1.807, 2.05) is 13.8 Å². The van der Waals surface area contributed by atoms with E-state index < -0.39 is 0 Å². The topological polar surface area (TPSA) is 68.5 Å². The van der Waals surface area contributed by atoms with Gasteiger partial charge in [0.2, 0.25) is 0 Å². The molecule has 0 radical (unpaired) electrons. The molecule has 1 rings (SSSR count). The molecular weight excluding hydrogens is 218 g/mol. The van der Waals surface area contributed by atoms with Crippen LogP contribution in [-0.4, -0.2) is 42.1 Å². The van der Waals surface area contributed by atoms with Crippen molar-refractivity contribution in [1.82, 2.24) is 9.88 Å². The fourth-order valence-electron chi connectivity index (χ4n) is 1.32. The van der Waals surface area contributed by atoms with Crippen LogP contribution in [0.25, 0.3) is 0 Å². The summed E-state index contributed by atoms with van der Waals surface area (Å²) in [6.45, 7) is 4.97. The number of pyridine rings is 1. The number of anilines is 1. The van der Waals surface area contributed by atoms with Gasteiger partial charge in [-0.15, -0.1) is 0 Å². The number of carbonyl (C=O) groups is 1. The van der Waals surface area contributed by atoms with Crippen LogP contribution in [0.15, 0.2) is 18.5 Å². The molecule has 1 aromatic heterocycles. The van der Waals surface area contributed by atoms with Gasteiger partial charge in [0.1, 0.15) is 0 Å². The third-order valence-electron chi connectivity index (χ3n) is 2.31.